The van der Waals surface area contributed by atoms with E-state index in [4.69, 9.17) is 5.73 Å². The van der Waals surface area contributed by atoms with Crippen molar-refractivity contribution in [1.82, 2.24) is 9.80 Å². The van der Waals surface area contributed by atoms with E-state index in [1.165, 1.54) is 11.6 Å². The number of aliphatic hydroxyl groups excluding tert-OH is 2. The number of fused-ring (bicyclic) bond motifs is 4. The number of hydrogen-bond acceptors (Lipinski definition) is 9. The molecule has 48 heavy (non-hydrogen) atoms. The third-order valence-electron chi connectivity index (χ3n) is 10.4. The van der Waals surface area contributed by atoms with Gasteiger partial charge in [-0.25, -0.2) is 0 Å². The van der Waals surface area contributed by atoms with Gasteiger partial charge in [0, 0.05) is 18.0 Å². The third-order valence-corrected chi connectivity index (χ3v) is 10.4. The van der Waals surface area contributed by atoms with Crippen LogP contribution < -0.4 is 5.73 Å². The van der Waals surface area contributed by atoms with Crippen molar-refractivity contribution in [1.29, 1.82) is 0 Å². The standard InChI is InChI=1S/C38H43N3O7/c1-5-15-41(16-6-2)19-20-11-12-24(23-10-8-7-9-22(20)23)25-13-14-28(42)30-26(25)17-21-18-27-32(40(3)4)34(44)31(37(39)47)36(46)38(27,48)35(45)29(21)33(30)43/h7-14,21,27,32,42,44-45,48H,5-6,15-19H2,1-4H3,(H2,39,47)/t21-,27-,32?,38-/m0/s1. The van der Waals surface area contributed by atoms with Gasteiger partial charge in [0.1, 0.15) is 22.8 Å². The van der Waals surface area contributed by atoms with E-state index in [0.29, 0.717) is 5.56 Å². The second-order valence-electron chi connectivity index (χ2n) is 13.5. The molecule has 6 N–H and O–H groups in total. The highest BCUT2D eigenvalue weighted by Crippen LogP contribution is 2.53. The number of benzene rings is 3. The van der Waals surface area contributed by atoms with E-state index in [9.17, 15) is 34.8 Å². The van der Waals surface area contributed by atoms with Gasteiger partial charge in [0.15, 0.2) is 11.4 Å². The Morgan fingerprint density at radius 1 is 0.938 bits per heavy atom. The maximum Gasteiger partial charge on any atom is 0.255 e. The van der Waals surface area contributed by atoms with Crippen molar-refractivity contribution in [2.75, 3.05) is 27.2 Å². The summed E-state index contributed by atoms with van der Waals surface area (Å²) in [5.74, 6) is -6.68. The number of amides is 1. The number of primary amides is 1. The lowest BCUT2D eigenvalue weighted by molar-refractivity contribution is -0.148. The van der Waals surface area contributed by atoms with E-state index in [1.54, 1.807) is 25.1 Å². The second kappa shape index (κ2) is 12.5. The molecule has 0 saturated carbocycles. The molecule has 3 aromatic carbocycles. The van der Waals surface area contributed by atoms with Crippen LogP contribution in [0.4, 0.5) is 0 Å². The fourth-order valence-electron chi connectivity index (χ4n) is 8.38. The van der Waals surface area contributed by atoms with Gasteiger partial charge in [0.2, 0.25) is 5.78 Å². The number of carbonyl (C=O) groups excluding carboxylic acids is 3. The number of aromatic hydroxyl groups is 1. The number of likely N-dealkylation sites (N-methyl/N-ethyl adjacent to an activating group) is 1. The van der Waals surface area contributed by atoms with Crippen LogP contribution in [-0.2, 0) is 22.6 Å². The van der Waals surface area contributed by atoms with Crippen LogP contribution in [0.15, 0.2) is 71.2 Å². The summed E-state index contributed by atoms with van der Waals surface area (Å²) in [6.07, 6.45) is 2.36. The van der Waals surface area contributed by atoms with Crippen LogP contribution in [0.2, 0.25) is 0 Å². The Kier molecular flexibility index (Phi) is 8.70. The molecule has 3 aliphatic rings. The minimum Gasteiger partial charge on any atom is -0.510 e. The number of aliphatic hydroxyl groups is 3. The quantitative estimate of drug-likeness (QED) is 0.208. The zero-order valence-corrected chi connectivity index (χ0v) is 27.8. The third kappa shape index (κ3) is 5.01. The minimum absolute atomic E-state index is 0.00138. The van der Waals surface area contributed by atoms with Crippen molar-refractivity contribution in [3.05, 3.63) is 87.9 Å². The highest BCUT2D eigenvalue weighted by molar-refractivity contribution is 6.25. The zero-order chi connectivity index (χ0) is 34.7. The predicted octanol–water partition coefficient (Wildman–Crippen LogP) is 4.56. The number of hydrogen-bond donors (Lipinski definition) is 5. The molecule has 0 aliphatic heterocycles. The summed E-state index contributed by atoms with van der Waals surface area (Å²) in [6, 6.07) is 14.5. The first-order chi connectivity index (χ1) is 22.9. The fourth-order valence-corrected chi connectivity index (χ4v) is 8.38. The number of phenolic OH excluding ortho intramolecular Hbond substituents is 1. The molecule has 1 unspecified atom stereocenters. The van der Waals surface area contributed by atoms with Crippen molar-refractivity contribution in [2.24, 2.45) is 17.6 Å². The molecule has 0 saturated heterocycles. The Bertz CT molecular complexity index is 1910. The van der Waals surface area contributed by atoms with E-state index in [2.05, 4.69) is 43.0 Å². The van der Waals surface area contributed by atoms with Gasteiger partial charge in [-0.05, 0) is 97.9 Å². The summed E-state index contributed by atoms with van der Waals surface area (Å²) >= 11 is 0. The Hall–Kier alpha value is -4.51. The first kappa shape index (κ1) is 33.4. The summed E-state index contributed by atoms with van der Waals surface area (Å²) in [7, 11) is 3.23. The molecule has 1 amide bonds. The van der Waals surface area contributed by atoms with E-state index < -0.39 is 58.0 Å². The Labute approximate surface area is 279 Å². The summed E-state index contributed by atoms with van der Waals surface area (Å²) in [6.45, 7) is 7.15. The molecule has 10 heteroatoms. The predicted molar refractivity (Wildman–Crippen MR) is 182 cm³/mol. The maximum atomic E-state index is 14.3. The van der Waals surface area contributed by atoms with Crippen molar-refractivity contribution in [2.45, 2.75) is 57.7 Å². The highest BCUT2D eigenvalue weighted by Gasteiger charge is 2.63. The van der Waals surface area contributed by atoms with Gasteiger partial charge >= 0.3 is 0 Å². The molecule has 10 nitrogen and oxygen atoms in total. The van der Waals surface area contributed by atoms with E-state index >= 15 is 0 Å². The number of ketones is 2. The summed E-state index contributed by atoms with van der Waals surface area (Å²) in [4.78, 5) is 44.1. The van der Waals surface area contributed by atoms with Crippen molar-refractivity contribution in [3.8, 4) is 16.9 Å². The molecular formula is C38H43N3O7. The molecule has 6 rings (SSSR count). The Morgan fingerprint density at radius 3 is 2.21 bits per heavy atom. The Morgan fingerprint density at radius 2 is 1.58 bits per heavy atom. The largest absolute Gasteiger partial charge is 0.510 e. The maximum absolute atomic E-state index is 14.3. The SMILES string of the molecule is CCCN(CCC)Cc1ccc(-c2ccc(O)c3c2C[C@H]2C[C@H]4C(N(C)C)C(O)=C(C(N)=O)C(=O)[C@@]4(O)C(O)=C2C3=O)c2ccccc12. The first-order valence-electron chi connectivity index (χ1n) is 16.6. The number of rotatable bonds is 9. The van der Waals surface area contributed by atoms with Gasteiger partial charge in [-0.1, -0.05) is 56.3 Å². The summed E-state index contributed by atoms with van der Waals surface area (Å²) < 4.78 is 0. The van der Waals surface area contributed by atoms with Crippen LogP contribution in [0, 0.1) is 11.8 Å². The number of nitrogens with two attached hydrogens (primary N) is 1. The molecule has 252 valence electrons. The lowest BCUT2D eigenvalue weighted by Gasteiger charge is -2.50. The van der Waals surface area contributed by atoms with Crippen molar-refractivity contribution in [3.63, 3.8) is 0 Å². The van der Waals surface area contributed by atoms with E-state index in [-0.39, 0.29) is 29.7 Å². The number of nitrogens with zero attached hydrogens (tertiary/aromatic N) is 2. The van der Waals surface area contributed by atoms with Gasteiger partial charge in [-0.2, -0.15) is 0 Å². The van der Waals surface area contributed by atoms with Crippen LogP contribution in [0.5, 0.6) is 5.75 Å². The molecule has 0 fully saturated rings. The topological polar surface area (TPSA) is 165 Å². The minimum atomic E-state index is -2.67. The number of phenols is 1. The van der Waals surface area contributed by atoms with Crippen LogP contribution in [0.3, 0.4) is 0 Å². The lowest BCUT2D eigenvalue weighted by Crippen LogP contribution is -2.63. The average molecular weight is 654 g/mol. The summed E-state index contributed by atoms with van der Waals surface area (Å²) in [5.41, 5.74) is 5.23. The van der Waals surface area contributed by atoms with Gasteiger partial charge in [0.25, 0.3) is 5.91 Å². The molecular weight excluding hydrogens is 610 g/mol. The van der Waals surface area contributed by atoms with Crippen molar-refractivity contribution < 1.29 is 34.8 Å². The molecule has 0 bridgehead atoms. The van der Waals surface area contributed by atoms with Crippen LogP contribution in [-0.4, -0.2) is 86.5 Å². The molecule has 3 aromatic rings. The lowest BCUT2D eigenvalue weighted by atomic mass is 9.58. The van der Waals surface area contributed by atoms with Crippen LogP contribution in [0.1, 0.15) is 54.6 Å². The number of allylic oxidation sites excluding steroid dienone is 1. The fraction of sp³-hybridized carbons (Fsp3) is 0.395. The van der Waals surface area contributed by atoms with Gasteiger partial charge in [-0.3, -0.25) is 24.2 Å². The van der Waals surface area contributed by atoms with E-state index in [0.717, 1.165) is 54.4 Å². The zero-order valence-electron chi connectivity index (χ0n) is 27.8. The monoisotopic (exact) mass is 653 g/mol. The Balaban J connectivity index is 1.50. The van der Waals surface area contributed by atoms with Gasteiger partial charge in [0.05, 0.1) is 11.6 Å². The molecule has 3 aliphatic carbocycles. The second-order valence-corrected chi connectivity index (χ2v) is 13.5. The normalized spacial score (nSPS) is 23.9. The molecule has 0 radical (unpaired) electrons. The van der Waals surface area contributed by atoms with E-state index in [1.807, 2.05) is 12.1 Å². The smallest absolute Gasteiger partial charge is 0.255 e. The van der Waals surface area contributed by atoms with Crippen LogP contribution >= 0.6 is 0 Å². The highest BCUT2D eigenvalue weighted by atomic mass is 16.3. The van der Waals surface area contributed by atoms with Gasteiger partial charge < -0.3 is 26.2 Å². The molecule has 0 aromatic heterocycles. The number of carbonyl (C=O) groups is 3. The molecule has 0 heterocycles. The average Bonchev–Trinajstić information content (AvgIpc) is 3.03. The first-order valence-corrected chi connectivity index (χ1v) is 16.6. The molecule has 4 atom stereocenters. The van der Waals surface area contributed by atoms with Gasteiger partial charge in [-0.15, -0.1) is 0 Å². The summed E-state index contributed by atoms with van der Waals surface area (Å²) in [5, 5.41) is 47.8. The van der Waals surface area contributed by atoms with Crippen molar-refractivity contribution >= 4 is 28.2 Å². The van der Waals surface area contributed by atoms with Crippen LogP contribution in [0.25, 0.3) is 21.9 Å². The number of Topliss-reactive ketones (excluding diaryl/α,β-unsaturated/α-hetero) is 2. The molecule has 0 spiro atoms.